The summed E-state index contributed by atoms with van der Waals surface area (Å²) in [6, 6.07) is 0. The van der Waals surface area contributed by atoms with E-state index in [1.165, 1.54) is 0 Å². The van der Waals surface area contributed by atoms with Crippen molar-refractivity contribution in [1.29, 1.82) is 0 Å². The van der Waals surface area contributed by atoms with Gasteiger partial charge in [0.1, 0.15) is 5.78 Å². The van der Waals surface area contributed by atoms with Crippen LogP contribution < -0.4 is 0 Å². The fourth-order valence-electron chi connectivity index (χ4n) is 1.70. The molecule has 1 fully saturated rings. The van der Waals surface area contributed by atoms with E-state index in [1.807, 2.05) is 22.6 Å². The maximum absolute atomic E-state index is 11.7. The number of ketones is 1. The molecule has 1 aliphatic rings. The summed E-state index contributed by atoms with van der Waals surface area (Å²) in [6.45, 7) is 0. The fraction of sp³-hybridized carbons (Fsp3) is 0.667. The minimum Gasteiger partial charge on any atom is -0.330 e. The second-order valence-electron chi connectivity index (χ2n) is 4.72. The standard InChI is InChI=1S/C12H16INO7S/c13-8-9(15)2-1-6-22(19,20)7-5-12(18)21-14-10(16)3-4-11(14)17/h1-8H2. The molecule has 0 unspecified atom stereocenters. The van der Waals surface area contributed by atoms with E-state index >= 15 is 0 Å². The molecule has 1 rings (SSSR count). The normalized spacial score (nSPS) is 15.2. The Bertz CT molecular complexity index is 556. The van der Waals surface area contributed by atoms with Crippen molar-refractivity contribution < 1.29 is 32.4 Å². The van der Waals surface area contributed by atoms with Gasteiger partial charge in [-0.3, -0.25) is 14.4 Å². The van der Waals surface area contributed by atoms with Crippen LogP contribution in [-0.4, -0.2) is 53.0 Å². The highest BCUT2D eigenvalue weighted by Gasteiger charge is 2.33. The van der Waals surface area contributed by atoms with Crippen molar-refractivity contribution in [3.05, 3.63) is 0 Å². The van der Waals surface area contributed by atoms with Gasteiger partial charge in [0.15, 0.2) is 9.84 Å². The van der Waals surface area contributed by atoms with Gasteiger partial charge in [-0.25, -0.2) is 13.2 Å². The lowest BCUT2D eigenvalue weighted by atomic mass is 10.3. The molecule has 0 aromatic carbocycles. The number of nitrogens with zero attached hydrogens (tertiary/aromatic N) is 1. The zero-order valence-electron chi connectivity index (χ0n) is 11.7. The van der Waals surface area contributed by atoms with Crippen molar-refractivity contribution in [1.82, 2.24) is 5.06 Å². The number of halogens is 1. The first-order valence-corrected chi connectivity index (χ1v) is 9.94. The van der Waals surface area contributed by atoms with Crippen molar-refractivity contribution in [2.45, 2.75) is 32.1 Å². The van der Waals surface area contributed by atoms with E-state index in [9.17, 15) is 27.6 Å². The van der Waals surface area contributed by atoms with Crippen molar-refractivity contribution >= 4 is 56.0 Å². The minimum absolute atomic E-state index is 0.0186. The molecule has 0 saturated carbocycles. The summed E-state index contributed by atoms with van der Waals surface area (Å²) in [5, 5.41) is 0.383. The molecule has 22 heavy (non-hydrogen) atoms. The van der Waals surface area contributed by atoms with Crippen LogP contribution in [0.4, 0.5) is 0 Å². The number of imide groups is 1. The summed E-state index contributed by atoms with van der Waals surface area (Å²) in [5.74, 6) is -2.83. The average molecular weight is 445 g/mol. The largest absolute Gasteiger partial charge is 0.334 e. The van der Waals surface area contributed by atoms with Gasteiger partial charge in [0.2, 0.25) is 0 Å². The molecule has 0 aromatic heterocycles. The first-order valence-electron chi connectivity index (χ1n) is 6.60. The smallest absolute Gasteiger partial charge is 0.330 e. The highest BCUT2D eigenvalue weighted by atomic mass is 127. The molecule has 2 amide bonds. The molecule has 0 radical (unpaired) electrons. The SMILES string of the molecule is O=C(CI)CCCS(=O)(=O)CCC(=O)ON1C(=O)CCC1=O. The van der Waals surface area contributed by atoms with Crippen molar-refractivity contribution in [2.24, 2.45) is 0 Å². The first-order chi connectivity index (χ1) is 10.2. The Morgan fingerprint density at radius 3 is 2.23 bits per heavy atom. The van der Waals surface area contributed by atoms with Crippen LogP contribution >= 0.6 is 22.6 Å². The number of hydroxylamine groups is 2. The van der Waals surface area contributed by atoms with Crippen LogP contribution in [0.3, 0.4) is 0 Å². The number of hydrogen-bond acceptors (Lipinski definition) is 7. The summed E-state index contributed by atoms with van der Waals surface area (Å²) in [7, 11) is -3.49. The monoisotopic (exact) mass is 445 g/mol. The van der Waals surface area contributed by atoms with Crippen LogP contribution in [0.1, 0.15) is 32.1 Å². The van der Waals surface area contributed by atoms with Crippen LogP contribution in [0.2, 0.25) is 0 Å². The van der Waals surface area contributed by atoms with E-state index in [-0.39, 0.29) is 37.2 Å². The fourth-order valence-corrected chi connectivity index (χ4v) is 3.35. The Hall–Kier alpha value is -1.04. The molecule has 1 heterocycles. The lowest BCUT2D eigenvalue weighted by molar-refractivity contribution is -0.197. The highest BCUT2D eigenvalue weighted by Crippen LogP contribution is 2.13. The molecular weight excluding hydrogens is 429 g/mol. The maximum atomic E-state index is 11.7. The third kappa shape index (κ3) is 6.38. The van der Waals surface area contributed by atoms with Gasteiger partial charge in [0, 0.05) is 19.3 Å². The number of carbonyl (C=O) groups is 4. The van der Waals surface area contributed by atoms with E-state index in [0.717, 1.165) is 0 Å². The van der Waals surface area contributed by atoms with Crippen molar-refractivity contribution in [3.8, 4) is 0 Å². The van der Waals surface area contributed by atoms with Crippen LogP contribution in [0.5, 0.6) is 0 Å². The molecule has 0 spiro atoms. The summed E-state index contributed by atoms with van der Waals surface area (Å²) >= 11 is 1.91. The molecule has 8 nitrogen and oxygen atoms in total. The second-order valence-corrected chi connectivity index (χ2v) is 7.79. The lowest BCUT2D eigenvalue weighted by Gasteiger charge is -2.12. The van der Waals surface area contributed by atoms with Crippen molar-refractivity contribution in [2.75, 3.05) is 15.9 Å². The van der Waals surface area contributed by atoms with Gasteiger partial charge in [-0.1, -0.05) is 22.6 Å². The van der Waals surface area contributed by atoms with E-state index in [4.69, 9.17) is 0 Å². The molecule has 124 valence electrons. The van der Waals surface area contributed by atoms with Gasteiger partial charge in [-0.05, 0) is 6.42 Å². The molecule has 0 atom stereocenters. The molecule has 0 bridgehead atoms. The van der Waals surface area contributed by atoms with Gasteiger partial charge < -0.3 is 4.84 Å². The first kappa shape index (κ1) is 19.0. The number of Topliss-reactive ketones (excluding diaryl/α,β-unsaturated/α-hetero) is 1. The van der Waals surface area contributed by atoms with Crippen LogP contribution in [0.15, 0.2) is 0 Å². The van der Waals surface area contributed by atoms with E-state index in [2.05, 4.69) is 4.84 Å². The summed E-state index contributed by atoms with van der Waals surface area (Å²) < 4.78 is 23.7. The molecule has 0 aliphatic carbocycles. The van der Waals surface area contributed by atoms with E-state index in [1.54, 1.807) is 0 Å². The number of sulfone groups is 1. The average Bonchev–Trinajstić information content (AvgIpc) is 2.76. The van der Waals surface area contributed by atoms with E-state index in [0.29, 0.717) is 9.49 Å². The van der Waals surface area contributed by atoms with Gasteiger partial charge in [0.05, 0.1) is 22.4 Å². The topological polar surface area (TPSA) is 115 Å². The summed E-state index contributed by atoms with van der Waals surface area (Å²) in [4.78, 5) is 49.6. The zero-order chi connectivity index (χ0) is 16.8. The highest BCUT2D eigenvalue weighted by molar-refractivity contribution is 14.1. The van der Waals surface area contributed by atoms with Crippen LogP contribution in [0, 0.1) is 0 Å². The van der Waals surface area contributed by atoms with Crippen molar-refractivity contribution in [3.63, 3.8) is 0 Å². The predicted octanol–water partition coefficient (Wildman–Crippen LogP) is 0.183. The molecule has 1 saturated heterocycles. The predicted molar refractivity (Wildman–Crippen MR) is 83.6 cm³/mol. The summed E-state index contributed by atoms with van der Waals surface area (Å²) in [5.41, 5.74) is 0. The van der Waals surface area contributed by atoms with Gasteiger partial charge in [-0.2, -0.15) is 0 Å². The Morgan fingerprint density at radius 2 is 1.68 bits per heavy atom. The Kier molecular flexibility index (Phi) is 7.39. The second kappa shape index (κ2) is 8.56. The van der Waals surface area contributed by atoms with Gasteiger partial charge in [0.25, 0.3) is 11.8 Å². The Balaban J connectivity index is 2.34. The molecular formula is C12H16INO7S. The Morgan fingerprint density at radius 1 is 1.09 bits per heavy atom. The number of amides is 2. The number of rotatable bonds is 9. The zero-order valence-corrected chi connectivity index (χ0v) is 14.7. The number of hydrogen-bond donors (Lipinski definition) is 0. The number of alkyl halides is 1. The van der Waals surface area contributed by atoms with Gasteiger partial charge in [-0.15, -0.1) is 5.06 Å². The Labute approximate surface area is 141 Å². The quantitative estimate of drug-likeness (QED) is 0.283. The third-order valence-corrected chi connectivity index (χ3v) is 5.46. The molecule has 1 aliphatic heterocycles. The van der Waals surface area contributed by atoms with Crippen LogP contribution in [-0.2, 0) is 33.9 Å². The summed E-state index contributed by atoms with van der Waals surface area (Å²) in [6.07, 6.45) is -0.0875. The molecule has 0 N–H and O–H groups in total. The van der Waals surface area contributed by atoms with E-state index < -0.39 is 39.8 Å². The maximum Gasteiger partial charge on any atom is 0.334 e. The minimum atomic E-state index is -3.49. The molecule has 10 heteroatoms. The lowest BCUT2D eigenvalue weighted by Crippen LogP contribution is -2.32. The van der Waals surface area contributed by atoms with Crippen LogP contribution in [0.25, 0.3) is 0 Å². The number of carbonyl (C=O) groups excluding carboxylic acids is 4. The molecule has 0 aromatic rings. The third-order valence-electron chi connectivity index (χ3n) is 2.88. The van der Waals surface area contributed by atoms with Gasteiger partial charge >= 0.3 is 5.97 Å².